The lowest BCUT2D eigenvalue weighted by atomic mass is 9.78. The maximum absolute atomic E-state index is 12.6. The lowest BCUT2D eigenvalue weighted by molar-refractivity contribution is 0.0887. The summed E-state index contributed by atoms with van der Waals surface area (Å²) in [5, 5.41) is 72.1. The molecule has 4 aromatic heterocycles. The van der Waals surface area contributed by atoms with E-state index in [9.17, 15) is 38.0 Å². The zero-order valence-corrected chi connectivity index (χ0v) is 85.1. The number of hydrogen-bond acceptors (Lipinski definition) is 20. The van der Waals surface area contributed by atoms with Crippen LogP contribution in [0.1, 0.15) is 150 Å². The van der Waals surface area contributed by atoms with Gasteiger partial charge < -0.3 is 58.3 Å². The Bertz CT molecular complexity index is 4920. The first-order chi connectivity index (χ1) is 64.9. The Balaban J connectivity index is 0.000000203. The van der Waals surface area contributed by atoms with Crippen LogP contribution in [-0.2, 0) is 74.5 Å². The van der Waals surface area contributed by atoms with Crippen molar-refractivity contribution in [3.05, 3.63) is 281 Å². The third-order valence-electron chi connectivity index (χ3n) is 22.3. The number of rotatable bonds is 48. The number of aliphatic hydroxyl groups excluding tert-OH is 4. The predicted molar refractivity (Wildman–Crippen MR) is 530 cm³/mol. The van der Waals surface area contributed by atoms with Gasteiger partial charge in [0.2, 0.25) is 0 Å². The summed E-state index contributed by atoms with van der Waals surface area (Å²) < 4.78 is 103. The van der Waals surface area contributed by atoms with E-state index in [4.69, 9.17) is 119 Å². The second kappa shape index (κ2) is 53.8. The van der Waals surface area contributed by atoms with Crippen LogP contribution in [0.2, 0.25) is 15.1 Å². The van der Waals surface area contributed by atoms with Gasteiger partial charge >= 0.3 is 0 Å². The Hall–Kier alpha value is -9.21. The third kappa shape index (κ3) is 33.5. The first-order valence-electron chi connectivity index (χ1n) is 44.3. The van der Waals surface area contributed by atoms with Crippen LogP contribution in [0.4, 0.5) is 17.6 Å². The Morgan fingerprint density at radius 1 is 0.294 bits per heavy atom. The molecule has 4 heterocycles. The number of ether oxygens (including phenoxy) is 8. The fourth-order valence-corrected chi connectivity index (χ4v) is 15.0. The van der Waals surface area contributed by atoms with Crippen LogP contribution in [0.25, 0.3) is 0 Å². The van der Waals surface area contributed by atoms with Crippen molar-refractivity contribution in [1.82, 2.24) is 60.0 Å². The SMILES string of the molecule is CC(CCl)COc1ccc(C(C)(C)c2ccc(OCC(O)Cn3cc(C[18F])nn3)cc2)cc1Br.C[C@@H](CCl)COc1ccc(C(C)(C)c2ccc(OC[C@@H](O)Cn3cc(C[18F])nn3)cc2)cc1Cl.C[C@@H](CCl)COc1ccc(C(C)(C)c2ccc(OC[C@H](O)Cn3cc(C[18F])nn3)cc2)cc1Cl.C[C@H](CCl)COc1ccc(C(C)(C)c2ccc(OC[C@@H](O)Cn3cc(C[18F])nn3)cc2)cc1Cl. The number of benzene rings is 8. The van der Waals surface area contributed by atoms with E-state index in [1.165, 1.54) is 43.5 Å². The zero-order chi connectivity index (χ0) is 98.9. The van der Waals surface area contributed by atoms with Crippen molar-refractivity contribution in [2.24, 2.45) is 23.7 Å². The van der Waals surface area contributed by atoms with Gasteiger partial charge in [-0.15, -0.1) is 66.8 Å². The lowest BCUT2D eigenvalue weighted by Gasteiger charge is -2.27. The molecule has 0 radical (unpaired) electrons. The average Bonchev–Trinajstić information content (AvgIpc) is 0.932. The minimum absolute atomic E-state index is 0.0764. The van der Waals surface area contributed by atoms with Gasteiger partial charge in [-0.1, -0.05) is 212 Å². The number of hydrogen-bond donors (Lipinski definition) is 4. The fourth-order valence-electron chi connectivity index (χ4n) is 13.5. The maximum atomic E-state index is 12.6. The van der Waals surface area contributed by atoms with Crippen LogP contribution in [0, 0.1) is 23.7 Å². The molecule has 0 saturated carbocycles. The van der Waals surface area contributed by atoms with E-state index in [0.29, 0.717) is 105 Å². The molecule has 0 fully saturated rings. The molecule has 36 heteroatoms. The number of halogens is 12. The van der Waals surface area contributed by atoms with Gasteiger partial charge in [0.05, 0.1) is 96.9 Å². The van der Waals surface area contributed by atoms with Crippen LogP contribution >= 0.6 is 97.1 Å². The minimum Gasteiger partial charge on any atom is -0.492 e. The summed E-state index contributed by atoms with van der Waals surface area (Å²) in [4.78, 5) is 0. The molecule has 12 rings (SSSR count). The van der Waals surface area contributed by atoms with Gasteiger partial charge in [-0.3, -0.25) is 0 Å². The summed E-state index contributed by atoms with van der Waals surface area (Å²) in [7, 11) is 0. The number of nitrogens with zero attached hydrogens (tertiary/aromatic N) is 12. The minimum atomic E-state index is -0.805. The van der Waals surface area contributed by atoms with Crippen LogP contribution < -0.4 is 37.9 Å². The Labute approximate surface area is 836 Å². The Morgan fingerprint density at radius 2 is 0.493 bits per heavy atom. The van der Waals surface area contributed by atoms with Gasteiger partial charge in [0.25, 0.3) is 0 Å². The molecular formula is C100H120BrCl7F4N12O12. The monoisotopic (exact) mass is 2080 g/mol. The van der Waals surface area contributed by atoms with Gasteiger partial charge in [0.15, 0.2) is 0 Å². The number of alkyl halides is 8. The molecule has 136 heavy (non-hydrogen) atoms. The van der Waals surface area contributed by atoms with Gasteiger partial charge in [-0.05, 0) is 157 Å². The van der Waals surface area contributed by atoms with Crippen LogP contribution in [-0.4, -0.2) is 181 Å². The molecule has 0 amide bonds. The normalized spacial score (nSPS) is 13.5. The van der Waals surface area contributed by atoms with Crippen LogP contribution in [0.15, 0.2) is 199 Å². The van der Waals surface area contributed by atoms with Crippen LogP contribution in [0.3, 0.4) is 0 Å². The first kappa shape index (κ1) is 110. The average molecular weight is 2080 g/mol. The van der Waals surface area contributed by atoms with Crippen molar-refractivity contribution in [1.29, 1.82) is 0 Å². The van der Waals surface area contributed by atoms with E-state index in [1.54, 1.807) is 0 Å². The number of aromatic nitrogens is 12. The second-order valence-electron chi connectivity index (χ2n) is 35.6. The van der Waals surface area contributed by atoms with E-state index >= 15 is 0 Å². The molecule has 4 N–H and O–H groups in total. The summed E-state index contributed by atoms with van der Waals surface area (Å²) >= 11 is 46.5. The summed E-state index contributed by atoms with van der Waals surface area (Å²) in [5.41, 5.74) is 8.47. The highest BCUT2D eigenvalue weighted by Gasteiger charge is 2.30. The summed E-state index contributed by atoms with van der Waals surface area (Å²) in [6.45, 7) is 25.5. The molecule has 0 aliphatic heterocycles. The Morgan fingerprint density at radius 3 is 0.684 bits per heavy atom. The highest BCUT2D eigenvalue weighted by atomic mass is 79.9. The van der Waals surface area contributed by atoms with Gasteiger partial charge in [-0.25, -0.2) is 36.3 Å². The summed E-state index contributed by atoms with van der Waals surface area (Å²) in [6, 6.07) is 54.7. The highest BCUT2D eigenvalue weighted by molar-refractivity contribution is 9.10. The number of aliphatic hydroxyl groups is 4. The van der Waals surface area contributed by atoms with Crippen molar-refractivity contribution in [3.63, 3.8) is 0 Å². The first-order valence-corrected chi connectivity index (χ1v) is 48.4. The van der Waals surface area contributed by atoms with Crippen molar-refractivity contribution in [2.45, 2.75) is 182 Å². The molecule has 8 aromatic carbocycles. The van der Waals surface area contributed by atoms with E-state index in [1.807, 2.05) is 185 Å². The van der Waals surface area contributed by atoms with Crippen molar-refractivity contribution in [2.75, 3.05) is 76.4 Å². The maximum Gasteiger partial charge on any atom is 0.137 e. The van der Waals surface area contributed by atoms with Crippen LogP contribution in [0.5, 0.6) is 46.0 Å². The lowest BCUT2D eigenvalue weighted by Crippen LogP contribution is -2.24. The molecule has 2 unspecified atom stereocenters. The molecule has 736 valence electrons. The van der Waals surface area contributed by atoms with Gasteiger partial charge in [0.1, 0.15) is 146 Å². The largest absolute Gasteiger partial charge is 0.492 e. The molecule has 8 atom stereocenters. The molecular weight excluding hydrogens is 1960 g/mol. The summed E-state index contributed by atoms with van der Waals surface area (Å²) in [5.74, 6) is 8.46. The van der Waals surface area contributed by atoms with E-state index in [0.717, 1.165) is 54.7 Å². The Kier molecular flexibility index (Phi) is 43.7. The van der Waals surface area contributed by atoms with Crippen molar-refractivity contribution >= 4 is 97.1 Å². The van der Waals surface area contributed by atoms with Crippen molar-refractivity contribution < 1.29 is 75.9 Å². The predicted octanol–water partition coefficient (Wildman–Crippen LogP) is 21.8. The van der Waals surface area contributed by atoms with E-state index < -0.39 is 51.1 Å². The highest BCUT2D eigenvalue weighted by Crippen LogP contribution is 2.42. The quantitative estimate of drug-likeness (QED) is 0.0204. The molecule has 12 aromatic rings. The second-order valence-corrected chi connectivity index (χ2v) is 38.9. The fraction of sp³-hybridized carbons (Fsp3) is 0.440. The van der Waals surface area contributed by atoms with E-state index in [2.05, 4.69) is 125 Å². The smallest absolute Gasteiger partial charge is 0.137 e. The van der Waals surface area contributed by atoms with Gasteiger partial charge in [0, 0.05) is 68.9 Å². The molecule has 0 aliphatic carbocycles. The molecule has 0 saturated heterocycles. The third-order valence-corrected chi connectivity index (χ3v) is 25.9. The standard InChI is InChI=1S/C25H30BrClFN3O3.3C25H30Cl2FN3O3/c1-17(11-27)15-34-24-9-6-19(10-23(24)26)25(2,3)18-4-7-22(8-5-18)33-16-21(32)14-31-13-20(12-28)29-30-31;3*1-17(11-26)15-34-24-9-6-19(10-23(24)27)25(2,3)18-4-7-22(8-5-18)33-16-21(32)14-31-13-20(12-28)29-30-31/h4*4-10,13,17,21,32H,11-12,14-16H2,1-3H3/t;2*17-,21+;17-,21-/m.100/s1/i4*28-1. The molecule has 0 spiro atoms. The van der Waals surface area contributed by atoms with E-state index in [-0.39, 0.29) is 121 Å². The molecule has 24 nitrogen and oxygen atoms in total. The summed E-state index contributed by atoms with van der Waals surface area (Å²) in [6.07, 6.45) is 2.65. The van der Waals surface area contributed by atoms with Crippen molar-refractivity contribution in [3.8, 4) is 46.0 Å². The molecule has 0 aliphatic rings. The zero-order valence-electron chi connectivity index (χ0n) is 78.2. The topological polar surface area (TPSA) is 278 Å². The van der Waals surface area contributed by atoms with Gasteiger partial charge in [-0.2, -0.15) is 0 Å². The molecule has 0 bridgehead atoms.